The molecule has 0 fully saturated rings. The maximum atomic E-state index is 12.8. The van der Waals surface area contributed by atoms with E-state index in [1.165, 1.54) is 186 Å². The second-order valence-electron chi connectivity index (χ2n) is 19.5. The number of esters is 3. The highest BCUT2D eigenvalue weighted by atomic mass is 16.6. The molecule has 1 atom stereocenters. The van der Waals surface area contributed by atoms with Crippen molar-refractivity contribution < 1.29 is 28.6 Å². The molecular formula is C54H104O6. The SMILES string of the molecule is CCCCCCCCCCCCCCCCC(=O)OC[C@@H](COC(=O)CCCCCCCCCC(C)C)OC(=O)CCCCCCCCCCCCCCCCCC(C)C. The van der Waals surface area contributed by atoms with Gasteiger partial charge in [0, 0.05) is 19.3 Å². The number of unbranched alkanes of at least 4 members (excludes halogenated alkanes) is 33. The molecule has 0 aromatic carbocycles. The van der Waals surface area contributed by atoms with Crippen molar-refractivity contribution in [2.45, 2.75) is 304 Å². The predicted octanol–water partition coefficient (Wildman–Crippen LogP) is 17.3. The average Bonchev–Trinajstić information content (AvgIpc) is 3.22. The molecule has 0 aromatic rings. The highest BCUT2D eigenvalue weighted by Gasteiger charge is 2.19. The number of rotatable bonds is 48. The van der Waals surface area contributed by atoms with Gasteiger partial charge >= 0.3 is 17.9 Å². The van der Waals surface area contributed by atoms with Gasteiger partial charge < -0.3 is 14.2 Å². The van der Waals surface area contributed by atoms with Crippen molar-refractivity contribution in [2.75, 3.05) is 13.2 Å². The summed E-state index contributed by atoms with van der Waals surface area (Å²) in [7, 11) is 0. The van der Waals surface area contributed by atoms with Crippen molar-refractivity contribution in [3.05, 3.63) is 0 Å². The van der Waals surface area contributed by atoms with E-state index in [0.717, 1.165) is 69.6 Å². The van der Waals surface area contributed by atoms with Crippen LogP contribution in [0.15, 0.2) is 0 Å². The molecule has 6 heteroatoms. The molecule has 0 aliphatic heterocycles. The molecule has 0 aromatic heterocycles. The van der Waals surface area contributed by atoms with Gasteiger partial charge in [-0.25, -0.2) is 0 Å². The summed E-state index contributed by atoms with van der Waals surface area (Å²) in [5.74, 6) is 0.781. The van der Waals surface area contributed by atoms with Gasteiger partial charge in [-0.15, -0.1) is 0 Å². The first-order chi connectivity index (χ1) is 29.2. The van der Waals surface area contributed by atoms with Crippen LogP contribution in [0.25, 0.3) is 0 Å². The summed E-state index contributed by atoms with van der Waals surface area (Å²) >= 11 is 0. The lowest BCUT2D eigenvalue weighted by atomic mass is 10.0. The highest BCUT2D eigenvalue weighted by molar-refractivity contribution is 5.71. The van der Waals surface area contributed by atoms with E-state index in [1.807, 2.05) is 0 Å². The third-order valence-electron chi connectivity index (χ3n) is 12.2. The molecule has 0 unspecified atom stereocenters. The van der Waals surface area contributed by atoms with Gasteiger partial charge in [0.2, 0.25) is 0 Å². The summed E-state index contributed by atoms with van der Waals surface area (Å²) in [6.07, 6.45) is 48.1. The first-order valence-electron chi connectivity index (χ1n) is 26.7. The Kier molecular flexibility index (Phi) is 45.7. The van der Waals surface area contributed by atoms with Gasteiger partial charge in [-0.1, -0.05) is 259 Å². The first kappa shape index (κ1) is 58.4. The maximum Gasteiger partial charge on any atom is 0.306 e. The normalized spacial score (nSPS) is 12.1. The van der Waals surface area contributed by atoms with E-state index in [-0.39, 0.29) is 31.1 Å². The second kappa shape index (κ2) is 46.9. The fourth-order valence-corrected chi connectivity index (χ4v) is 8.17. The van der Waals surface area contributed by atoms with E-state index in [9.17, 15) is 14.4 Å². The molecule has 0 saturated heterocycles. The third kappa shape index (κ3) is 47.5. The number of carbonyl (C=O) groups excluding carboxylic acids is 3. The fourth-order valence-electron chi connectivity index (χ4n) is 8.17. The van der Waals surface area contributed by atoms with Crippen LogP contribution < -0.4 is 0 Å². The molecule has 0 saturated carbocycles. The number of hydrogen-bond acceptors (Lipinski definition) is 6. The molecule has 0 rings (SSSR count). The topological polar surface area (TPSA) is 78.9 Å². The van der Waals surface area contributed by atoms with Crippen LogP contribution in [0.3, 0.4) is 0 Å². The van der Waals surface area contributed by atoms with Crippen LogP contribution in [0.2, 0.25) is 0 Å². The van der Waals surface area contributed by atoms with Gasteiger partial charge in [-0.3, -0.25) is 14.4 Å². The van der Waals surface area contributed by atoms with E-state index in [2.05, 4.69) is 34.6 Å². The van der Waals surface area contributed by atoms with E-state index >= 15 is 0 Å². The van der Waals surface area contributed by atoms with Crippen molar-refractivity contribution in [2.24, 2.45) is 11.8 Å². The van der Waals surface area contributed by atoms with E-state index in [1.54, 1.807) is 0 Å². The van der Waals surface area contributed by atoms with Crippen molar-refractivity contribution >= 4 is 17.9 Å². The van der Waals surface area contributed by atoms with Crippen LogP contribution >= 0.6 is 0 Å². The Morgan fingerprint density at radius 1 is 0.317 bits per heavy atom. The van der Waals surface area contributed by atoms with Crippen LogP contribution in [-0.2, 0) is 28.6 Å². The number of ether oxygens (including phenoxy) is 3. The molecule has 0 spiro atoms. The van der Waals surface area contributed by atoms with Gasteiger partial charge in [-0.2, -0.15) is 0 Å². The van der Waals surface area contributed by atoms with E-state index in [0.29, 0.717) is 19.3 Å². The van der Waals surface area contributed by atoms with Crippen molar-refractivity contribution in [3.8, 4) is 0 Å². The standard InChI is InChI=1S/C54H104O6/c1-6-7-8-9-10-11-12-13-18-21-24-29-34-39-44-52(55)58-47-51(48-59-53(56)45-40-35-31-26-28-33-38-43-50(4)5)60-54(57)46-41-36-30-25-22-19-16-14-15-17-20-23-27-32-37-42-49(2)3/h49-51H,6-48H2,1-5H3/t51-/m0/s1. The van der Waals surface area contributed by atoms with Gasteiger partial charge in [0.1, 0.15) is 13.2 Å². The summed E-state index contributed by atoms with van der Waals surface area (Å²) in [4.78, 5) is 37.9. The highest BCUT2D eigenvalue weighted by Crippen LogP contribution is 2.18. The second-order valence-corrected chi connectivity index (χ2v) is 19.5. The zero-order valence-corrected chi connectivity index (χ0v) is 41.1. The minimum atomic E-state index is -0.762. The molecule has 60 heavy (non-hydrogen) atoms. The molecule has 356 valence electrons. The predicted molar refractivity (Wildman–Crippen MR) is 256 cm³/mol. The number of hydrogen-bond donors (Lipinski definition) is 0. The van der Waals surface area contributed by atoms with Crippen LogP contribution in [0.4, 0.5) is 0 Å². The van der Waals surface area contributed by atoms with Crippen molar-refractivity contribution in [1.82, 2.24) is 0 Å². The zero-order chi connectivity index (χ0) is 44.0. The largest absolute Gasteiger partial charge is 0.462 e. The summed E-state index contributed by atoms with van der Waals surface area (Å²) < 4.78 is 16.8. The molecule has 0 amide bonds. The molecule has 0 bridgehead atoms. The Morgan fingerprint density at radius 3 is 0.817 bits per heavy atom. The summed E-state index contributed by atoms with van der Waals surface area (Å²) in [6, 6.07) is 0. The van der Waals surface area contributed by atoms with Crippen LogP contribution in [0.1, 0.15) is 298 Å². The molecule has 0 aliphatic rings. The molecule has 0 aliphatic carbocycles. The summed E-state index contributed by atoms with van der Waals surface area (Å²) in [6.45, 7) is 11.3. The lowest BCUT2D eigenvalue weighted by molar-refractivity contribution is -0.167. The number of carbonyl (C=O) groups is 3. The van der Waals surface area contributed by atoms with Gasteiger partial charge in [0.15, 0.2) is 6.10 Å². The average molecular weight is 849 g/mol. The monoisotopic (exact) mass is 849 g/mol. The zero-order valence-electron chi connectivity index (χ0n) is 41.1. The lowest BCUT2D eigenvalue weighted by Gasteiger charge is -2.18. The summed E-state index contributed by atoms with van der Waals surface area (Å²) in [5, 5.41) is 0. The molecule has 0 radical (unpaired) electrons. The van der Waals surface area contributed by atoms with Crippen molar-refractivity contribution in [3.63, 3.8) is 0 Å². The van der Waals surface area contributed by atoms with E-state index < -0.39 is 6.10 Å². The molecule has 0 N–H and O–H groups in total. The Balaban J connectivity index is 4.27. The van der Waals surface area contributed by atoms with Gasteiger partial charge in [0.05, 0.1) is 0 Å². The van der Waals surface area contributed by atoms with Crippen LogP contribution in [0, 0.1) is 11.8 Å². The molecular weight excluding hydrogens is 745 g/mol. The van der Waals surface area contributed by atoms with Gasteiger partial charge in [0.25, 0.3) is 0 Å². The van der Waals surface area contributed by atoms with Crippen LogP contribution in [-0.4, -0.2) is 37.2 Å². The molecule has 6 nitrogen and oxygen atoms in total. The summed E-state index contributed by atoms with van der Waals surface area (Å²) in [5.41, 5.74) is 0. The smallest absolute Gasteiger partial charge is 0.306 e. The Labute approximate surface area is 374 Å². The minimum Gasteiger partial charge on any atom is -0.462 e. The Morgan fingerprint density at radius 2 is 0.550 bits per heavy atom. The quantitative estimate of drug-likeness (QED) is 0.0345. The van der Waals surface area contributed by atoms with Crippen molar-refractivity contribution in [1.29, 1.82) is 0 Å². The molecule has 0 heterocycles. The van der Waals surface area contributed by atoms with E-state index in [4.69, 9.17) is 14.2 Å². The lowest BCUT2D eigenvalue weighted by Crippen LogP contribution is -2.30. The fraction of sp³-hybridized carbons (Fsp3) is 0.944. The maximum absolute atomic E-state index is 12.8. The van der Waals surface area contributed by atoms with Crippen LogP contribution in [0.5, 0.6) is 0 Å². The Bertz CT molecular complexity index is 916. The third-order valence-corrected chi connectivity index (χ3v) is 12.2. The Hall–Kier alpha value is -1.59. The minimum absolute atomic E-state index is 0.0638. The first-order valence-corrected chi connectivity index (χ1v) is 26.7. The van der Waals surface area contributed by atoms with Gasteiger partial charge in [-0.05, 0) is 31.1 Å².